The fraction of sp³-hybridized carbons (Fsp3) is 0.412. The molecule has 0 aliphatic heterocycles. The molecule has 1 atom stereocenters. The lowest BCUT2D eigenvalue weighted by Gasteiger charge is -2.23. The van der Waals surface area contributed by atoms with Gasteiger partial charge in [-0.3, -0.25) is 0 Å². The smallest absolute Gasteiger partial charge is 0.127 e. The molecule has 0 saturated carbocycles. The lowest BCUT2D eigenvalue weighted by molar-refractivity contribution is 0.378. The van der Waals surface area contributed by atoms with E-state index in [4.69, 9.17) is 9.47 Å². The van der Waals surface area contributed by atoms with Crippen molar-refractivity contribution < 1.29 is 9.47 Å². The first-order chi connectivity index (χ1) is 10.1. The third-order valence-corrected chi connectivity index (χ3v) is 4.72. The number of thiophene rings is 1. The van der Waals surface area contributed by atoms with Crippen LogP contribution in [0.3, 0.4) is 0 Å². The van der Waals surface area contributed by atoms with E-state index in [0.29, 0.717) is 0 Å². The molecule has 1 unspecified atom stereocenters. The van der Waals surface area contributed by atoms with E-state index < -0.39 is 0 Å². The number of nitrogens with one attached hydrogen (secondary N) is 1. The Morgan fingerprint density at radius 2 is 1.76 bits per heavy atom. The molecule has 2 aromatic rings. The first kappa shape index (κ1) is 15.9. The molecule has 1 aromatic carbocycles. The third-order valence-electron chi connectivity index (χ3n) is 3.50. The summed E-state index contributed by atoms with van der Waals surface area (Å²) < 4.78 is 11.1. The zero-order chi connectivity index (χ0) is 15.4. The van der Waals surface area contributed by atoms with Gasteiger partial charge in [0.2, 0.25) is 0 Å². The molecular weight excluding hydrogens is 282 g/mol. The molecule has 1 N–H and O–H groups in total. The predicted molar refractivity (Wildman–Crippen MR) is 88.9 cm³/mol. The van der Waals surface area contributed by atoms with E-state index in [-0.39, 0.29) is 6.04 Å². The van der Waals surface area contributed by atoms with Crippen molar-refractivity contribution >= 4 is 11.3 Å². The van der Waals surface area contributed by atoms with E-state index in [9.17, 15) is 0 Å². The van der Waals surface area contributed by atoms with Gasteiger partial charge in [-0.25, -0.2) is 0 Å². The molecule has 21 heavy (non-hydrogen) atoms. The molecule has 4 heteroatoms. The summed E-state index contributed by atoms with van der Waals surface area (Å²) in [7, 11) is 3.40. The van der Waals surface area contributed by atoms with Crippen LogP contribution in [0.15, 0.2) is 24.3 Å². The number of rotatable bonds is 6. The van der Waals surface area contributed by atoms with Crippen molar-refractivity contribution in [1.29, 1.82) is 0 Å². The Morgan fingerprint density at radius 1 is 1.14 bits per heavy atom. The Labute approximate surface area is 130 Å². The van der Waals surface area contributed by atoms with E-state index in [1.54, 1.807) is 14.2 Å². The Kier molecular flexibility index (Phi) is 5.26. The second-order valence-electron chi connectivity index (χ2n) is 4.97. The lowest BCUT2D eigenvalue weighted by Crippen LogP contribution is -2.23. The van der Waals surface area contributed by atoms with Gasteiger partial charge in [-0.1, -0.05) is 13.0 Å². The Morgan fingerprint density at radius 3 is 2.19 bits per heavy atom. The Bertz CT molecular complexity index is 585. The minimum atomic E-state index is 0.0831. The largest absolute Gasteiger partial charge is 0.496 e. The van der Waals surface area contributed by atoms with Crippen LogP contribution in [0.4, 0.5) is 0 Å². The molecule has 1 heterocycles. The summed E-state index contributed by atoms with van der Waals surface area (Å²) in [5.74, 6) is 1.71. The summed E-state index contributed by atoms with van der Waals surface area (Å²) in [6.07, 6.45) is 0. The quantitative estimate of drug-likeness (QED) is 0.872. The highest BCUT2D eigenvalue weighted by Crippen LogP contribution is 2.40. The molecular formula is C17H23NO2S. The molecule has 0 spiro atoms. The number of hydrogen-bond donors (Lipinski definition) is 1. The SMILES string of the molecule is CCNC(c1sc(C)cc1C)c1c(OC)cccc1OC. The fourth-order valence-electron chi connectivity index (χ4n) is 2.64. The second kappa shape index (κ2) is 6.96. The zero-order valence-corrected chi connectivity index (χ0v) is 14.1. The molecule has 0 aliphatic carbocycles. The van der Waals surface area contributed by atoms with Crippen LogP contribution in [0.2, 0.25) is 0 Å². The number of aryl methyl sites for hydroxylation is 2. The Hall–Kier alpha value is -1.52. The molecule has 0 aliphatic rings. The highest BCUT2D eigenvalue weighted by molar-refractivity contribution is 7.12. The molecule has 0 saturated heterocycles. The monoisotopic (exact) mass is 305 g/mol. The maximum Gasteiger partial charge on any atom is 0.127 e. The molecule has 0 fully saturated rings. The van der Waals surface area contributed by atoms with Crippen LogP contribution in [0.1, 0.15) is 33.8 Å². The average Bonchev–Trinajstić information content (AvgIpc) is 2.82. The standard InChI is InChI=1S/C17H23NO2S/c1-6-18-16(17-11(2)10-12(3)21-17)15-13(19-4)8-7-9-14(15)20-5/h7-10,16,18H,6H2,1-5H3. The van der Waals surface area contributed by atoms with Crippen molar-refractivity contribution in [3.63, 3.8) is 0 Å². The van der Waals surface area contributed by atoms with Crippen LogP contribution in [-0.4, -0.2) is 20.8 Å². The predicted octanol–water partition coefficient (Wildman–Crippen LogP) is 4.08. The van der Waals surface area contributed by atoms with Gasteiger partial charge in [-0.2, -0.15) is 0 Å². The molecule has 2 rings (SSSR count). The summed E-state index contributed by atoms with van der Waals surface area (Å²) in [5.41, 5.74) is 2.37. The van der Waals surface area contributed by atoms with Crippen LogP contribution < -0.4 is 14.8 Å². The zero-order valence-electron chi connectivity index (χ0n) is 13.3. The van der Waals surface area contributed by atoms with E-state index >= 15 is 0 Å². The van der Waals surface area contributed by atoms with Crippen LogP contribution in [0.25, 0.3) is 0 Å². The number of benzene rings is 1. The number of methoxy groups -OCH3 is 2. The van der Waals surface area contributed by atoms with Gasteiger partial charge in [0.25, 0.3) is 0 Å². The van der Waals surface area contributed by atoms with E-state index in [1.165, 1.54) is 15.3 Å². The normalized spacial score (nSPS) is 12.2. The molecule has 114 valence electrons. The summed E-state index contributed by atoms with van der Waals surface area (Å²) in [4.78, 5) is 2.64. The van der Waals surface area contributed by atoms with Gasteiger partial charge in [-0.05, 0) is 44.2 Å². The lowest BCUT2D eigenvalue weighted by atomic mass is 10.0. The topological polar surface area (TPSA) is 30.5 Å². The first-order valence-electron chi connectivity index (χ1n) is 7.13. The third kappa shape index (κ3) is 3.22. The van der Waals surface area contributed by atoms with Crippen LogP contribution >= 0.6 is 11.3 Å². The summed E-state index contributed by atoms with van der Waals surface area (Å²) in [6, 6.07) is 8.23. The van der Waals surface area contributed by atoms with Crippen molar-refractivity contribution in [2.75, 3.05) is 20.8 Å². The highest BCUT2D eigenvalue weighted by atomic mass is 32.1. The van der Waals surface area contributed by atoms with Gasteiger partial charge in [0.1, 0.15) is 11.5 Å². The van der Waals surface area contributed by atoms with Crippen LogP contribution in [0.5, 0.6) is 11.5 Å². The van der Waals surface area contributed by atoms with E-state index in [1.807, 2.05) is 29.5 Å². The van der Waals surface area contributed by atoms with Crippen molar-refractivity contribution in [3.8, 4) is 11.5 Å². The molecule has 3 nitrogen and oxygen atoms in total. The van der Waals surface area contributed by atoms with Crippen molar-refractivity contribution in [1.82, 2.24) is 5.32 Å². The number of hydrogen-bond acceptors (Lipinski definition) is 4. The Balaban J connectivity index is 2.60. The van der Waals surface area contributed by atoms with E-state index in [2.05, 4.69) is 32.2 Å². The van der Waals surface area contributed by atoms with Gasteiger partial charge in [-0.15, -0.1) is 11.3 Å². The van der Waals surface area contributed by atoms with Crippen molar-refractivity contribution in [2.45, 2.75) is 26.8 Å². The molecule has 0 amide bonds. The number of ether oxygens (including phenoxy) is 2. The van der Waals surface area contributed by atoms with Crippen molar-refractivity contribution in [3.05, 3.63) is 45.1 Å². The van der Waals surface area contributed by atoms with Crippen molar-refractivity contribution in [2.24, 2.45) is 0 Å². The first-order valence-corrected chi connectivity index (χ1v) is 7.95. The summed E-state index contributed by atoms with van der Waals surface area (Å²) >= 11 is 1.82. The molecule has 1 aromatic heterocycles. The van der Waals surface area contributed by atoms with Gasteiger partial charge in [0, 0.05) is 9.75 Å². The van der Waals surface area contributed by atoms with Gasteiger partial charge >= 0.3 is 0 Å². The maximum atomic E-state index is 5.57. The molecule has 0 bridgehead atoms. The average molecular weight is 305 g/mol. The van der Waals surface area contributed by atoms with E-state index in [0.717, 1.165) is 23.6 Å². The second-order valence-corrected chi connectivity index (χ2v) is 6.26. The fourth-order valence-corrected chi connectivity index (χ4v) is 3.76. The maximum absolute atomic E-state index is 5.57. The van der Waals surface area contributed by atoms with Gasteiger partial charge < -0.3 is 14.8 Å². The van der Waals surface area contributed by atoms with Crippen LogP contribution in [-0.2, 0) is 0 Å². The van der Waals surface area contributed by atoms with Crippen LogP contribution in [0, 0.1) is 13.8 Å². The van der Waals surface area contributed by atoms with Gasteiger partial charge in [0.05, 0.1) is 25.8 Å². The minimum Gasteiger partial charge on any atom is -0.496 e. The summed E-state index contributed by atoms with van der Waals surface area (Å²) in [5, 5.41) is 3.57. The highest BCUT2D eigenvalue weighted by Gasteiger charge is 2.24. The van der Waals surface area contributed by atoms with Gasteiger partial charge in [0.15, 0.2) is 0 Å². The molecule has 0 radical (unpaired) electrons. The minimum absolute atomic E-state index is 0.0831. The summed E-state index contributed by atoms with van der Waals surface area (Å²) in [6.45, 7) is 7.29.